The molecule has 0 saturated carbocycles. The number of rotatable bonds is 5. The molecule has 122 valence electrons. The number of nitrogens with two attached hydrogens (primary N) is 1. The van der Waals surface area contributed by atoms with Gasteiger partial charge in [0.2, 0.25) is 17.9 Å². The van der Waals surface area contributed by atoms with Crippen molar-refractivity contribution in [2.45, 2.75) is 25.0 Å². The summed E-state index contributed by atoms with van der Waals surface area (Å²) >= 11 is 1.24. The van der Waals surface area contributed by atoms with Crippen LogP contribution in [0.15, 0.2) is 23.4 Å². The summed E-state index contributed by atoms with van der Waals surface area (Å²) in [6.45, 7) is 3.89. The first kappa shape index (κ1) is 15.5. The third-order valence-corrected chi connectivity index (χ3v) is 4.38. The fourth-order valence-corrected chi connectivity index (χ4v) is 2.84. The molecule has 1 amide bonds. The first-order valence-corrected chi connectivity index (χ1v) is 8.02. The van der Waals surface area contributed by atoms with Gasteiger partial charge in [0.25, 0.3) is 0 Å². The Hall–Kier alpha value is -2.42. The number of nitrogens with one attached hydrogen (secondary N) is 1. The van der Waals surface area contributed by atoms with E-state index in [1.807, 2.05) is 25.1 Å². The molecule has 1 aliphatic heterocycles. The molecule has 0 aliphatic carbocycles. The van der Waals surface area contributed by atoms with Gasteiger partial charge in [-0.3, -0.25) is 4.79 Å². The van der Waals surface area contributed by atoms with Gasteiger partial charge in [0.1, 0.15) is 5.82 Å². The first-order chi connectivity index (χ1) is 11.0. The van der Waals surface area contributed by atoms with Crippen LogP contribution in [-0.4, -0.2) is 33.3 Å². The molecule has 23 heavy (non-hydrogen) atoms. The predicted molar refractivity (Wildman–Crippen MR) is 84.8 cm³/mol. The number of nitrogens with zero attached hydrogens (tertiary/aromatic N) is 3. The number of amides is 1. The van der Waals surface area contributed by atoms with E-state index in [4.69, 9.17) is 15.3 Å². The van der Waals surface area contributed by atoms with Gasteiger partial charge in [-0.1, -0.05) is 17.8 Å². The normalized spacial score (nSPS) is 13.8. The predicted octanol–water partition coefficient (Wildman–Crippen LogP) is 0.999. The molecule has 0 spiro atoms. The van der Waals surface area contributed by atoms with E-state index in [2.05, 4.69) is 15.5 Å². The van der Waals surface area contributed by atoms with Crippen LogP contribution in [0.5, 0.6) is 11.5 Å². The van der Waals surface area contributed by atoms with E-state index in [0.717, 1.165) is 11.3 Å². The summed E-state index contributed by atoms with van der Waals surface area (Å²) in [5.74, 6) is 7.87. The number of carbonyl (C=O) groups is 1. The number of ether oxygens (including phenoxy) is 2. The van der Waals surface area contributed by atoms with Gasteiger partial charge in [0.05, 0.1) is 11.8 Å². The Morgan fingerprint density at radius 1 is 1.43 bits per heavy atom. The van der Waals surface area contributed by atoms with Crippen molar-refractivity contribution < 1.29 is 14.3 Å². The van der Waals surface area contributed by atoms with Crippen LogP contribution >= 0.6 is 11.8 Å². The minimum absolute atomic E-state index is 0.110. The second kappa shape index (κ2) is 6.37. The Balaban J connectivity index is 1.56. The van der Waals surface area contributed by atoms with Crippen molar-refractivity contribution in [3.05, 3.63) is 29.6 Å². The third kappa shape index (κ3) is 3.34. The van der Waals surface area contributed by atoms with Gasteiger partial charge >= 0.3 is 0 Å². The van der Waals surface area contributed by atoms with Crippen molar-refractivity contribution in [1.29, 1.82) is 0 Å². The highest BCUT2D eigenvalue weighted by molar-refractivity contribution is 7.99. The third-order valence-electron chi connectivity index (χ3n) is 3.44. The van der Waals surface area contributed by atoms with Crippen LogP contribution < -0.4 is 20.6 Å². The number of hydrogen-bond donors (Lipinski definition) is 2. The number of hydrogen-bond acceptors (Lipinski definition) is 7. The molecule has 0 bridgehead atoms. The van der Waals surface area contributed by atoms with E-state index >= 15 is 0 Å². The summed E-state index contributed by atoms with van der Waals surface area (Å²) in [5.41, 5.74) is 0.949. The van der Waals surface area contributed by atoms with Crippen LogP contribution in [0, 0.1) is 6.92 Å². The quantitative estimate of drug-likeness (QED) is 0.620. The van der Waals surface area contributed by atoms with Gasteiger partial charge in [-0.25, -0.2) is 4.68 Å². The Morgan fingerprint density at radius 2 is 2.22 bits per heavy atom. The van der Waals surface area contributed by atoms with Gasteiger partial charge in [-0.05, 0) is 31.5 Å². The van der Waals surface area contributed by atoms with Crippen molar-refractivity contribution in [3.8, 4) is 11.5 Å². The van der Waals surface area contributed by atoms with E-state index < -0.39 is 0 Å². The summed E-state index contributed by atoms with van der Waals surface area (Å²) in [6, 6.07) is 5.48. The summed E-state index contributed by atoms with van der Waals surface area (Å²) in [7, 11) is 0. The Labute approximate surface area is 137 Å². The molecule has 9 heteroatoms. The molecule has 0 fully saturated rings. The molecule has 0 unspecified atom stereocenters. The maximum atomic E-state index is 12.1. The minimum atomic E-state index is -0.143. The molecule has 2 aromatic rings. The number of aromatic nitrogens is 3. The van der Waals surface area contributed by atoms with E-state index in [0.29, 0.717) is 16.7 Å². The van der Waals surface area contributed by atoms with Crippen molar-refractivity contribution >= 4 is 17.7 Å². The molecule has 2 heterocycles. The number of nitrogen functional groups attached to an aromatic ring is 1. The highest BCUT2D eigenvalue weighted by atomic mass is 32.2. The second-order valence-electron chi connectivity index (χ2n) is 5.09. The Kier molecular flexibility index (Phi) is 4.28. The topological polar surface area (TPSA) is 104 Å². The maximum absolute atomic E-state index is 12.1. The fourth-order valence-electron chi connectivity index (χ4n) is 2.13. The molecule has 3 N–H and O–H groups in total. The zero-order valence-electron chi connectivity index (χ0n) is 12.8. The molecular weight excluding hydrogens is 318 g/mol. The standard InChI is InChI=1S/C14H17N5O3S/c1-8(10-3-4-11-12(5-10)22-7-21-11)16-13(20)6-23-14-18-17-9(2)19(14)15/h3-5,8H,6-7,15H2,1-2H3,(H,16,20)/t8-/m0/s1. The van der Waals surface area contributed by atoms with E-state index in [1.165, 1.54) is 16.4 Å². The van der Waals surface area contributed by atoms with Crippen LogP contribution in [-0.2, 0) is 4.79 Å². The number of aryl methyl sites for hydroxylation is 1. The minimum Gasteiger partial charge on any atom is -0.454 e. The highest BCUT2D eigenvalue weighted by Gasteiger charge is 2.17. The summed E-state index contributed by atoms with van der Waals surface area (Å²) < 4.78 is 12.0. The van der Waals surface area contributed by atoms with Crippen LogP contribution in [0.25, 0.3) is 0 Å². The fraction of sp³-hybridized carbons (Fsp3) is 0.357. The molecule has 1 aromatic carbocycles. The molecule has 1 aromatic heterocycles. The Morgan fingerprint density at radius 3 is 2.96 bits per heavy atom. The van der Waals surface area contributed by atoms with Crippen LogP contribution in [0.3, 0.4) is 0 Å². The first-order valence-electron chi connectivity index (χ1n) is 7.03. The molecule has 8 nitrogen and oxygen atoms in total. The number of thioether (sulfide) groups is 1. The molecule has 0 saturated heterocycles. The van der Waals surface area contributed by atoms with Gasteiger partial charge in [-0.15, -0.1) is 10.2 Å². The van der Waals surface area contributed by atoms with Gasteiger partial charge in [0, 0.05) is 0 Å². The van der Waals surface area contributed by atoms with Gasteiger partial charge in [-0.2, -0.15) is 0 Å². The van der Waals surface area contributed by atoms with Crippen LogP contribution in [0.1, 0.15) is 24.4 Å². The second-order valence-corrected chi connectivity index (χ2v) is 6.03. The van der Waals surface area contributed by atoms with E-state index in [9.17, 15) is 4.79 Å². The molecular formula is C14H17N5O3S. The summed E-state index contributed by atoms with van der Waals surface area (Å²) in [6.07, 6.45) is 0. The molecule has 1 atom stereocenters. The number of carbonyl (C=O) groups excluding carboxylic acids is 1. The summed E-state index contributed by atoms with van der Waals surface area (Å²) in [5, 5.41) is 11.2. The zero-order chi connectivity index (χ0) is 16.4. The zero-order valence-corrected chi connectivity index (χ0v) is 13.6. The van der Waals surface area contributed by atoms with Crippen molar-refractivity contribution in [2.24, 2.45) is 0 Å². The lowest BCUT2D eigenvalue weighted by Gasteiger charge is -2.14. The van der Waals surface area contributed by atoms with Crippen molar-refractivity contribution in [2.75, 3.05) is 18.4 Å². The number of benzene rings is 1. The number of fused-ring (bicyclic) bond motifs is 1. The van der Waals surface area contributed by atoms with E-state index in [1.54, 1.807) is 6.92 Å². The lowest BCUT2D eigenvalue weighted by Crippen LogP contribution is -2.28. The molecule has 1 aliphatic rings. The lowest BCUT2D eigenvalue weighted by molar-refractivity contribution is -0.119. The van der Waals surface area contributed by atoms with Gasteiger partial charge in [0.15, 0.2) is 11.5 Å². The average molecular weight is 335 g/mol. The van der Waals surface area contributed by atoms with Crippen LogP contribution in [0.2, 0.25) is 0 Å². The van der Waals surface area contributed by atoms with Crippen molar-refractivity contribution in [1.82, 2.24) is 20.2 Å². The van der Waals surface area contributed by atoms with E-state index in [-0.39, 0.29) is 24.5 Å². The SMILES string of the molecule is Cc1nnc(SCC(=O)N[C@@H](C)c2ccc3c(c2)OCO3)n1N. The largest absolute Gasteiger partial charge is 0.454 e. The maximum Gasteiger partial charge on any atom is 0.231 e. The van der Waals surface area contributed by atoms with Crippen molar-refractivity contribution in [3.63, 3.8) is 0 Å². The monoisotopic (exact) mass is 335 g/mol. The highest BCUT2D eigenvalue weighted by Crippen LogP contribution is 2.34. The molecule has 0 radical (unpaired) electrons. The average Bonchev–Trinajstić information content (AvgIpc) is 3.12. The smallest absolute Gasteiger partial charge is 0.231 e. The Bertz CT molecular complexity index is 733. The van der Waals surface area contributed by atoms with Crippen LogP contribution in [0.4, 0.5) is 0 Å². The molecule has 3 rings (SSSR count). The van der Waals surface area contributed by atoms with Gasteiger partial charge < -0.3 is 20.6 Å². The summed E-state index contributed by atoms with van der Waals surface area (Å²) in [4.78, 5) is 12.1. The lowest BCUT2D eigenvalue weighted by atomic mass is 10.1.